The maximum Gasteiger partial charge on any atom is 0.222 e. The topological polar surface area (TPSA) is 32.3 Å². The van der Waals surface area contributed by atoms with Gasteiger partial charge in [-0.15, -0.1) is 0 Å². The summed E-state index contributed by atoms with van der Waals surface area (Å²) < 4.78 is 0. The van der Waals surface area contributed by atoms with Gasteiger partial charge in [0.25, 0.3) is 0 Å². The number of piperidine rings is 1. The molecule has 1 heterocycles. The molecule has 0 saturated carbocycles. The minimum Gasteiger partial charge on any atom is -0.341 e. The van der Waals surface area contributed by atoms with Crippen LogP contribution in [0.2, 0.25) is 0 Å². The fourth-order valence-electron chi connectivity index (χ4n) is 2.40. The highest BCUT2D eigenvalue weighted by Crippen LogP contribution is 2.12. The summed E-state index contributed by atoms with van der Waals surface area (Å²) in [5.41, 5.74) is 0. The largest absolute Gasteiger partial charge is 0.341 e. The van der Waals surface area contributed by atoms with Crippen molar-refractivity contribution in [2.75, 3.05) is 19.6 Å². The summed E-state index contributed by atoms with van der Waals surface area (Å²) in [6.07, 6.45) is 7.71. The molecule has 1 amide bonds. The first-order chi connectivity index (χ1) is 8.27. The summed E-state index contributed by atoms with van der Waals surface area (Å²) in [6.45, 7) is 7.32. The Morgan fingerprint density at radius 1 is 1.29 bits per heavy atom. The zero-order chi connectivity index (χ0) is 12.5. The lowest BCUT2D eigenvalue weighted by atomic mass is 10.0. The van der Waals surface area contributed by atoms with E-state index in [-0.39, 0.29) is 0 Å². The van der Waals surface area contributed by atoms with Crippen LogP contribution in [-0.4, -0.2) is 36.5 Å². The highest BCUT2D eigenvalue weighted by molar-refractivity contribution is 5.76. The van der Waals surface area contributed by atoms with Gasteiger partial charge in [0.05, 0.1) is 0 Å². The van der Waals surface area contributed by atoms with Gasteiger partial charge in [-0.05, 0) is 32.2 Å². The zero-order valence-electron chi connectivity index (χ0n) is 11.5. The molecule has 17 heavy (non-hydrogen) atoms. The highest BCUT2D eigenvalue weighted by atomic mass is 16.2. The quantitative estimate of drug-likeness (QED) is 0.694. The Bertz CT molecular complexity index is 218. The second-order valence-corrected chi connectivity index (χ2v) is 5.09. The van der Waals surface area contributed by atoms with E-state index in [0.29, 0.717) is 11.9 Å². The van der Waals surface area contributed by atoms with E-state index in [4.69, 9.17) is 0 Å². The minimum atomic E-state index is 0.362. The SMILES string of the molecule is CCCCCC(=O)N1CCCC(NCCC)C1. The van der Waals surface area contributed by atoms with Gasteiger partial charge < -0.3 is 10.2 Å². The Balaban J connectivity index is 2.25. The van der Waals surface area contributed by atoms with E-state index in [1.165, 1.54) is 25.7 Å². The van der Waals surface area contributed by atoms with Gasteiger partial charge in [0.2, 0.25) is 5.91 Å². The van der Waals surface area contributed by atoms with Crippen molar-refractivity contribution in [3.05, 3.63) is 0 Å². The normalized spacial score (nSPS) is 20.6. The minimum absolute atomic E-state index is 0.362. The molecule has 0 aliphatic carbocycles. The predicted octanol–water partition coefficient (Wildman–Crippen LogP) is 2.56. The number of carbonyl (C=O) groups is 1. The molecule has 1 saturated heterocycles. The van der Waals surface area contributed by atoms with Crippen molar-refractivity contribution in [1.82, 2.24) is 10.2 Å². The highest BCUT2D eigenvalue weighted by Gasteiger charge is 2.22. The van der Waals surface area contributed by atoms with Crippen LogP contribution in [0.4, 0.5) is 0 Å². The van der Waals surface area contributed by atoms with Gasteiger partial charge in [-0.25, -0.2) is 0 Å². The zero-order valence-corrected chi connectivity index (χ0v) is 11.5. The van der Waals surface area contributed by atoms with Crippen molar-refractivity contribution in [3.63, 3.8) is 0 Å². The molecule has 1 fully saturated rings. The van der Waals surface area contributed by atoms with E-state index in [2.05, 4.69) is 24.1 Å². The monoisotopic (exact) mass is 240 g/mol. The van der Waals surface area contributed by atoms with Crippen LogP contribution in [0.25, 0.3) is 0 Å². The number of unbranched alkanes of at least 4 members (excludes halogenated alkanes) is 2. The number of carbonyl (C=O) groups excluding carboxylic acids is 1. The lowest BCUT2D eigenvalue weighted by Crippen LogP contribution is -2.48. The Labute approximate surface area is 106 Å². The van der Waals surface area contributed by atoms with E-state index in [9.17, 15) is 4.79 Å². The fraction of sp³-hybridized carbons (Fsp3) is 0.929. The number of amides is 1. The molecular weight excluding hydrogens is 212 g/mol. The van der Waals surface area contributed by atoms with Crippen LogP contribution < -0.4 is 5.32 Å². The van der Waals surface area contributed by atoms with Gasteiger partial charge in [-0.1, -0.05) is 26.7 Å². The second-order valence-electron chi connectivity index (χ2n) is 5.09. The van der Waals surface area contributed by atoms with Crippen LogP contribution in [-0.2, 0) is 4.79 Å². The molecule has 1 unspecified atom stereocenters. The first-order valence-corrected chi connectivity index (χ1v) is 7.29. The lowest BCUT2D eigenvalue weighted by molar-refractivity contribution is -0.132. The van der Waals surface area contributed by atoms with Crippen molar-refractivity contribution in [3.8, 4) is 0 Å². The molecule has 100 valence electrons. The third-order valence-electron chi connectivity index (χ3n) is 3.45. The van der Waals surface area contributed by atoms with Crippen molar-refractivity contribution in [2.24, 2.45) is 0 Å². The molecular formula is C14H28N2O. The number of nitrogens with zero attached hydrogens (tertiary/aromatic N) is 1. The van der Waals surface area contributed by atoms with E-state index in [1.807, 2.05) is 0 Å². The van der Waals surface area contributed by atoms with Crippen molar-refractivity contribution in [2.45, 2.75) is 64.8 Å². The van der Waals surface area contributed by atoms with Gasteiger partial charge in [-0.2, -0.15) is 0 Å². The molecule has 1 aliphatic heterocycles. The summed E-state index contributed by atoms with van der Waals surface area (Å²) in [5, 5.41) is 3.53. The third-order valence-corrected chi connectivity index (χ3v) is 3.45. The average molecular weight is 240 g/mol. The van der Waals surface area contributed by atoms with E-state index < -0.39 is 0 Å². The molecule has 1 rings (SSSR count). The average Bonchev–Trinajstić information content (AvgIpc) is 2.37. The van der Waals surface area contributed by atoms with E-state index in [1.54, 1.807) is 0 Å². The molecule has 1 N–H and O–H groups in total. The summed E-state index contributed by atoms with van der Waals surface area (Å²) in [7, 11) is 0. The third kappa shape index (κ3) is 5.53. The Morgan fingerprint density at radius 2 is 2.12 bits per heavy atom. The lowest BCUT2D eigenvalue weighted by Gasteiger charge is -2.33. The van der Waals surface area contributed by atoms with Gasteiger partial charge in [0.15, 0.2) is 0 Å². The molecule has 0 radical (unpaired) electrons. The molecule has 1 atom stereocenters. The molecule has 3 nitrogen and oxygen atoms in total. The van der Waals surface area contributed by atoms with E-state index in [0.717, 1.165) is 38.9 Å². The van der Waals surface area contributed by atoms with Gasteiger partial charge >= 0.3 is 0 Å². The Hall–Kier alpha value is -0.570. The smallest absolute Gasteiger partial charge is 0.222 e. The maximum atomic E-state index is 12.0. The van der Waals surface area contributed by atoms with Gasteiger partial charge in [-0.3, -0.25) is 4.79 Å². The number of hydrogen-bond acceptors (Lipinski definition) is 2. The Morgan fingerprint density at radius 3 is 2.82 bits per heavy atom. The fourth-order valence-corrected chi connectivity index (χ4v) is 2.40. The first-order valence-electron chi connectivity index (χ1n) is 7.29. The van der Waals surface area contributed by atoms with Crippen LogP contribution in [0.1, 0.15) is 58.8 Å². The predicted molar refractivity (Wildman–Crippen MR) is 72.0 cm³/mol. The standard InChI is InChI=1S/C14H28N2O/c1-3-5-6-9-14(17)16-11-7-8-13(12-16)15-10-4-2/h13,15H,3-12H2,1-2H3. The summed E-state index contributed by atoms with van der Waals surface area (Å²) in [5.74, 6) is 0.362. The van der Waals surface area contributed by atoms with Crippen LogP contribution in [0.15, 0.2) is 0 Å². The summed E-state index contributed by atoms with van der Waals surface area (Å²) in [6, 6.07) is 0.527. The van der Waals surface area contributed by atoms with Crippen LogP contribution >= 0.6 is 0 Å². The van der Waals surface area contributed by atoms with Crippen molar-refractivity contribution < 1.29 is 4.79 Å². The first kappa shape index (κ1) is 14.5. The summed E-state index contributed by atoms with van der Waals surface area (Å²) in [4.78, 5) is 14.1. The molecule has 0 aromatic carbocycles. The molecule has 0 aromatic rings. The van der Waals surface area contributed by atoms with Crippen LogP contribution in [0.3, 0.4) is 0 Å². The molecule has 0 bridgehead atoms. The molecule has 1 aliphatic rings. The van der Waals surface area contributed by atoms with Crippen LogP contribution in [0, 0.1) is 0 Å². The number of rotatable bonds is 7. The van der Waals surface area contributed by atoms with E-state index >= 15 is 0 Å². The van der Waals surface area contributed by atoms with Gasteiger partial charge in [0, 0.05) is 25.6 Å². The number of likely N-dealkylation sites (tertiary alicyclic amines) is 1. The molecule has 3 heteroatoms. The number of nitrogens with one attached hydrogen (secondary N) is 1. The molecule has 0 spiro atoms. The molecule has 0 aromatic heterocycles. The van der Waals surface area contributed by atoms with Gasteiger partial charge in [0.1, 0.15) is 0 Å². The number of hydrogen-bond donors (Lipinski definition) is 1. The summed E-state index contributed by atoms with van der Waals surface area (Å²) >= 11 is 0. The van der Waals surface area contributed by atoms with Crippen molar-refractivity contribution >= 4 is 5.91 Å². The maximum absolute atomic E-state index is 12.0. The van der Waals surface area contributed by atoms with Crippen molar-refractivity contribution in [1.29, 1.82) is 0 Å². The Kier molecular flexibility index (Phi) is 7.25. The van der Waals surface area contributed by atoms with Crippen LogP contribution in [0.5, 0.6) is 0 Å². The second kappa shape index (κ2) is 8.51.